The van der Waals surface area contributed by atoms with Crippen LogP contribution in [0.4, 0.5) is 0 Å². The Balaban J connectivity index is 1.66. The van der Waals surface area contributed by atoms with Crippen molar-refractivity contribution in [3.63, 3.8) is 0 Å². The molecular weight excluding hydrogens is 395 g/mol. The van der Waals surface area contributed by atoms with Crippen LogP contribution < -0.4 is 15.9 Å². The Morgan fingerprint density at radius 3 is 1.39 bits per heavy atom. The zero-order valence-electron chi connectivity index (χ0n) is 18.1. The number of hydrogen-bond acceptors (Lipinski definition) is 1. The average Bonchev–Trinajstić information content (AvgIpc) is 2.85. The number of hydrogen-bond donors (Lipinski definition) is 0. The molecule has 4 aromatic rings. The van der Waals surface area contributed by atoms with Gasteiger partial charge in [-0.15, -0.1) is 0 Å². The van der Waals surface area contributed by atoms with Gasteiger partial charge in [-0.05, 0) is 42.0 Å². The highest BCUT2D eigenvalue weighted by Gasteiger charge is 2.46. The molecule has 0 N–H and O–H groups in total. The summed E-state index contributed by atoms with van der Waals surface area (Å²) < 4.78 is 6.15. The summed E-state index contributed by atoms with van der Waals surface area (Å²) in [7, 11) is -1.80. The minimum atomic E-state index is -1.80. The van der Waals surface area contributed by atoms with Crippen LogP contribution >= 0.6 is 7.26 Å². The maximum absolute atomic E-state index is 6.15. The summed E-state index contributed by atoms with van der Waals surface area (Å²) in [6.07, 6.45) is 1.08. The first-order valence-electron chi connectivity index (χ1n) is 11.0. The molecule has 0 bridgehead atoms. The maximum Gasteiger partial charge on any atom is 0.112 e. The fourth-order valence-corrected chi connectivity index (χ4v) is 8.89. The standard InChI is InChI=1S/C29H30OP/c1-25(22-30-23-26-14-6-2-7-15-26)24-31(27-16-8-3-9-17-27,28-18-10-4-11-19-28)29-20-12-5-13-21-29/h2-21,25H,22-24H2,1H3/q+1/t25-/m0/s1. The molecule has 1 nitrogen and oxygen atoms in total. The number of rotatable bonds is 9. The smallest absolute Gasteiger partial charge is 0.112 e. The summed E-state index contributed by atoms with van der Waals surface area (Å²) in [5, 5.41) is 4.30. The molecule has 1 atom stereocenters. The third-order valence-corrected chi connectivity index (χ3v) is 10.4. The van der Waals surface area contributed by atoms with Gasteiger partial charge >= 0.3 is 0 Å². The largest absolute Gasteiger partial charge is 0.376 e. The summed E-state index contributed by atoms with van der Waals surface area (Å²) in [5.74, 6) is 0.428. The highest BCUT2D eigenvalue weighted by molar-refractivity contribution is 7.95. The van der Waals surface area contributed by atoms with Crippen molar-refractivity contribution in [2.45, 2.75) is 13.5 Å². The molecule has 0 heterocycles. The molecule has 0 aromatic heterocycles. The van der Waals surface area contributed by atoms with Crippen LogP contribution in [0.1, 0.15) is 12.5 Å². The van der Waals surface area contributed by atoms with Crippen molar-refractivity contribution in [1.29, 1.82) is 0 Å². The van der Waals surface area contributed by atoms with Gasteiger partial charge in [0, 0.05) is 5.92 Å². The summed E-state index contributed by atoms with van der Waals surface area (Å²) >= 11 is 0. The monoisotopic (exact) mass is 425 g/mol. The van der Waals surface area contributed by atoms with Gasteiger partial charge in [-0.25, -0.2) is 0 Å². The lowest BCUT2D eigenvalue weighted by Crippen LogP contribution is -2.35. The van der Waals surface area contributed by atoms with E-state index in [1.165, 1.54) is 21.5 Å². The Kier molecular flexibility index (Phi) is 7.30. The molecule has 31 heavy (non-hydrogen) atoms. The number of benzene rings is 4. The van der Waals surface area contributed by atoms with Crippen LogP contribution in [0, 0.1) is 5.92 Å². The van der Waals surface area contributed by atoms with E-state index in [1.54, 1.807) is 0 Å². The first-order valence-corrected chi connectivity index (χ1v) is 12.9. The molecule has 0 saturated carbocycles. The molecule has 0 spiro atoms. The van der Waals surface area contributed by atoms with Gasteiger partial charge in [0.15, 0.2) is 0 Å². The van der Waals surface area contributed by atoms with Crippen LogP contribution in [0.25, 0.3) is 0 Å². The molecule has 0 aliphatic heterocycles. The SMILES string of the molecule is C[C@@H](COCc1ccccc1)C[P+](c1ccccc1)(c1ccccc1)c1ccccc1. The predicted octanol–water partition coefficient (Wildman–Crippen LogP) is 5.83. The van der Waals surface area contributed by atoms with Crippen LogP contribution in [-0.2, 0) is 11.3 Å². The van der Waals surface area contributed by atoms with Crippen molar-refractivity contribution in [1.82, 2.24) is 0 Å². The minimum absolute atomic E-state index is 0.428. The van der Waals surface area contributed by atoms with E-state index < -0.39 is 7.26 Å². The highest BCUT2D eigenvalue weighted by atomic mass is 31.2. The molecule has 156 valence electrons. The van der Waals surface area contributed by atoms with Crippen LogP contribution in [0.3, 0.4) is 0 Å². The van der Waals surface area contributed by atoms with Crippen molar-refractivity contribution < 1.29 is 4.74 Å². The van der Waals surface area contributed by atoms with Gasteiger partial charge in [-0.3, -0.25) is 0 Å². The Bertz CT molecular complexity index is 936. The summed E-state index contributed by atoms with van der Waals surface area (Å²) in [6, 6.07) is 43.7. The summed E-state index contributed by atoms with van der Waals surface area (Å²) in [5.41, 5.74) is 1.23. The van der Waals surface area contributed by atoms with Gasteiger partial charge in [0.05, 0.1) is 19.4 Å². The average molecular weight is 426 g/mol. The van der Waals surface area contributed by atoms with Gasteiger partial charge in [0.25, 0.3) is 0 Å². The fraction of sp³-hybridized carbons (Fsp3) is 0.172. The van der Waals surface area contributed by atoms with E-state index in [4.69, 9.17) is 4.74 Å². The van der Waals surface area contributed by atoms with Crippen molar-refractivity contribution in [2.24, 2.45) is 5.92 Å². The molecule has 0 unspecified atom stereocenters. The van der Waals surface area contributed by atoms with E-state index in [1.807, 2.05) is 6.07 Å². The van der Waals surface area contributed by atoms with Crippen LogP contribution in [0.15, 0.2) is 121 Å². The maximum atomic E-state index is 6.15. The Labute approximate surface area is 187 Å². The van der Waals surface area contributed by atoms with Crippen LogP contribution in [0.2, 0.25) is 0 Å². The Morgan fingerprint density at radius 2 is 0.968 bits per heavy atom. The molecule has 4 rings (SSSR count). The highest BCUT2D eigenvalue weighted by Crippen LogP contribution is 2.56. The van der Waals surface area contributed by atoms with Gasteiger partial charge in [-0.2, -0.15) is 0 Å². The van der Waals surface area contributed by atoms with Gasteiger partial charge in [-0.1, -0.05) is 91.9 Å². The van der Waals surface area contributed by atoms with Crippen molar-refractivity contribution in [3.8, 4) is 0 Å². The van der Waals surface area contributed by atoms with Crippen LogP contribution in [-0.4, -0.2) is 12.8 Å². The lowest BCUT2D eigenvalue weighted by atomic mass is 10.2. The van der Waals surface area contributed by atoms with E-state index in [0.29, 0.717) is 12.5 Å². The third-order valence-electron chi connectivity index (χ3n) is 5.69. The third kappa shape index (κ3) is 5.13. The molecule has 4 aromatic carbocycles. The minimum Gasteiger partial charge on any atom is -0.376 e. The zero-order valence-corrected chi connectivity index (χ0v) is 19.0. The van der Waals surface area contributed by atoms with Crippen molar-refractivity contribution in [2.75, 3.05) is 12.8 Å². The predicted molar refractivity (Wildman–Crippen MR) is 135 cm³/mol. The summed E-state index contributed by atoms with van der Waals surface area (Å²) in [4.78, 5) is 0. The normalized spacial score (nSPS) is 12.4. The van der Waals surface area contributed by atoms with E-state index >= 15 is 0 Å². The zero-order chi connectivity index (χ0) is 21.4. The lowest BCUT2D eigenvalue weighted by molar-refractivity contribution is 0.0980. The second kappa shape index (κ2) is 10.5. The van der Waals surface area contributed by atoms with Gasteiger partial charge < -0.3 is 4.74 Å². The van der Waals surface area contributed by atoms with Crippen molar-refractivity contribution in [3.05, 3.63) is 127 Å². The van der Waals surface area contributed by atoms with E-state index in [0.717, 1.165) is 12.8 Å². The Morgan fingerprint density at radius 1 is 0.581 bits per heavy atom. The topological polar surface area (TPSA) is 9.23 Å². The molecule has 0 radical (unpaired) electrons. The van der Waals surface area contributed by atoms with E-state index in [9.17, 15) is 0 Å². The van der Waals surface area contributed by atoms with Gasteiger partial charge in [0.2, 0.25) is 0 Å². The first kappa shape index (κ1) is 21.5. The molecule has 0 amide bonds. The summed E-state index contributed by atoms with van der Waals surface area (Å²) in [6.45, 7) is 3.75. The molecule has 0 fully saturated rings. The van der Waals surface area contributed by atoms with E-state index in [-0.39, 0.29) is 0 Å². The number of ether oxygens (including phenoxy) is 1. The second-order valence-corrected chi connectivity index (χ2v) is 11.6. The molecule has 0 saturated heterocycles. The second-order valence-electron chi connectivity index (χ2n) is 8.10. The Hall–Kier alpha value is -2.73. The lowest BCUT2D eigenvalue weighted by Gasteiger charge is -2.30. The van der Waals surface area contributed by atoms with Crippen LogP contribution in [0.5, 0.6) is 0 Å². The molecular formula is C29H30OP+. The van der Waals surface area contributed by atoms with Gasteiger partial charge in [0.1, 0.15) is 23.2 Å². The quantitative estimate of drug-likeness (QED) is 0.307. The van der Waals surface area contributed by atoms with E-state index in [2.05, 4.69) is 122 Å². The fourth-order valence-electron chi connectivity index (χ4n) is 4.28. The molecule has 0 aliphatic carbocycles. The molecule has 2 heteroatoms. The first-order chi connectivity index (χ1) is 15.3. The molecule has 0 aliphatic rings. The van der Waals surface area contributed by atoms with Crippen molar-refractivity contribution >= 4 is 23.2 Å².